The maximum Gasteiger partial charge on any atom is 0.259 e. The predicted octanol–water partition coefficient (Wildman–Crippen LogP) is 2.62. The lowest BCUT2D eigenvalue weighted by molar-refractivity contribution is -0.119. The van der Waals surface area contributed by atoms with Crippen LogP contribution in [-0.4, -0.2) is 35.2 Å². The van der Waals surface area contributed by atoms with E-state index in [0.717, 1.165) is 10.6 Å². The number of hydrazone groups is 1. The summed E-state index contributed by atoms with van der Waals surface area (Å²) in [6.07, 6.45) is 3.31. The number of hydrogen-bond acceptors (Lipinski definition) is 6. The number of para-hydroxylation sites is 2. The van der Waals surface area contributed by atoms with Crippen LogP contribution < -0.4 is 15.5 Å². The number of amides is 1. The molecule has 1 amide bonds. The molecule has 0 bridgehead atoms. The molecule has 0 unspecified atom stereocenters. The second-order valence-electron chi connectivity index (χ2n) is 4.69. The number of nitrogens with one attached hydrogen (secondary N) is 2. The fourth-order valence-electron chi connectivity index (χ4n) is 2.06. The second-order valence-corrected chi connectivity index (χ2v) is 5.92. The first-order valence-electron chi connectivity index (χ1n) is 6.99. The normalized spacial score (nSPS) is 11.1. The van der Waals surface area contributed by atoms with E-state index in [1.165, 1.54) is 17.6 Å². The van der Waals surface area contributed by atoms with Gasteiger partial charge in [-0.2, -0.15) is 5.10 Å². The standard InChI is InChI=1S/C15H14ClN5O2S/c1-23-12-5-3-2-4-10(12)17-9-13(22)20-18-8-11-14(16)19-15-21(11)6-7-24-15/h2-8,17H,9H2,1H3,(H,20,22)/b18-8-. The van der Waals surface area contributed by atoms with Crippen LogP contribution in [0.3, 0.4) is 0 Å². The second kappa shape index (κ2) is 7.33. The molecule has 0 spiro atoms. The number of fused-ring (bicyclic) bond motifs is 1. The van der Waals surface area contributed by atoms with Crippen LogP contribution in [0, 0.1) is 0 Å². The van der Waals surface area contributed by atoms with Crippen LogP contribution in [0.1, 0.15) is 5.69 Å². The Hall–Kier alpha value is -2.58. The van der Waals surface area contributed by atoms with Gasteiger partial charge in [0.15, 0.2) is 10.1 Å². The molecule has 3 rings (SSSR count). The number of halogens is 1. The van der Waals surface area contributed by atoms with E-state index < -0.39 is 0 Å². The van der Waals surface area contributed by atoms with Gasteiger partial charge < -0.3 is 10.1 Å². The van der Waals surface area contributed by atoms with E-state index in [9.17, 15) is 4.79 Å². The molecule has 0 aliphatic rings. The lowest BCUT2D eigenvalue weighted by Crippen LogP contribution is -2.26. The number of carbonyl (C=O) groups is 1. The van der Waals surface area contributed by atoms with Gasteiger partial charge in [0.2, 0.25) is 0 Å². The molecular weight excluding hydrogens is 350 g/mol. The number of anilines is 1. The number of thiazole rings is 1. The van der Waals surface area contributed by atoms with Gasteiger partial charge in [-0.15, -0.1) is 11.3 Å². The summed E-state index contributed by atoms with van der Waals surface area (Å²) < 4.78 is 7.01. The summed E-state index contributed by atoms with van der Waals surface area (Å²) in [5, 5.41) is 9.15. The number of aromatic nitrogens is 2. The monoisotopic (exact) mass is 363 g/mol. The first-order chi connectivity index (χ1) is 11.7. The number of ether oxygens (including phenoxy) is 1. The number of carbonyl (C=O) groups excluding carboxylic acids is 1. The summed E-state index contributed by atoms with van der Waals surface area (Å²) in [6.45, 7) is 0.0612. The minimum Gasteiger partial charge on any atom is -0.495 e. The Balaban J connectivity index is 1.57. The SMILES string of the molecule is COc1ccccc1NCC(=O)N/N=C\c1c(Cl)nc2sccn12. The maximum atomic E-state index is 11.9. The molecule has 7 nitrogen and oxygen atoms in total. The summed E-state index contributed by atoms with van der Waals surface area (Å²) in [4.78, 5) is 16.8. The van der Waals surface area contributed by atoms with Crippen molar-refractivity contribution in [2.45, 2.75) is 0 Å². The van der Waals surface area contributed by atoms with Gasteiger partial charge in [-0.25, -0.2) is 10.4 Å². The molecule has 24 heavy (non-hydrogen) atoms. The Kier molecular flexibility index (Phi) is 4.97. The molecule has 0 saturated heterocycles. The zero-order valence-electron chi connectivity index (χ0n) is 12.7. The molecule has 124 valence electrons. The van der Waals surface area contributed by atoms with Gasteiger partial charge >= 0.3 is 0 Å². The van der Waals surface area contributed by atoms with E-state index in [-0.39, 0.29) is 12.5 Å². The highest BCUT2D eigenvalue weighted by molar-refractivity contribution is 7.15. The van der Waals surface area contributed by atoms with E-state index in [1.54, 1.807) is 11.5 Å². The van der Waals surface area contributed by atoms with Crippen molar-refractivity contribution in [3.05, 3.63) is 46.7 Å². The van der Waals surface area contributed by atoms with Crippen molar-refractivity contribution in [1.82, 2.24) is 14.8 Å². The Bertz CT molecular complexity index is 889. The van der Waals surface area contributed by atoms with Crippen molar-refractivity contribution in [3.63, 3.8) is 0 Å². The zero-order chi connectivity index (χ0) is 16.9. The molecule has 3 aromatic rings. The maximum absolute atomic E-state index is 11.9. The van der Waals surface area contributed by atoms with Gasteiger partial charge in [0.05, 0.1) is 25.6 Å². The van der Waals surface area contributed by atoms with Crippen LogP contribution in [0.4, 0.5) is 5.69 Å². The summed E-state index contributed by atoms with van der Waals surface area (Å²) in [5.74, 6) is 0.374. The van der Waals surface area contributed by atoms with Gasteiger partial charge in [0, 0.05) is 11.6 Å². The average molecular weight is 364 g/mol. The molecule has 0 fully saturated rings. The highest BCUT2D eigenvalue weighted by Gasteiger charge is 2.09. The smallest absolute Gasteiger partial charge is 0.259 e. The van der Waals surface area contributed by atoms with E-state index in [1.807, 2.05) is 35.8 Å². The fraction of sp³-hybridized carbons (Fsp3) is 0.133. The van der Waals surface area contributed by atoms with Crippen LogP contribution >= 0.6 is 22.9 Å². The lowest BCUT2D eigenvalue weighted by Gasteiger charge is -2.09. The molecule has 0 atom stereocenters. The van der Waals surface area contributed by atoms with Crippen LogP contribution in [0.25, 0.3) is 4.96 Å². The van der Waals surface area contributed by atoms with E-state index in [4.69, 9.17) is 16.3 Å². The molecule has 2 aromatic heterocycles. The lowest BCUT2D eigenvalue weighted by atomic mass is 10.3. The molecule has 2 heterocycles. The first-order valence-corrected chi connectivity index (χ1v) is 8.24. The molecule has 0 aliphatic heterocycles. The first kappa shape index (κ1) is 16.3. The molecule has 1 aromatic carbocycles. The molecule has 9 heteroatoms. The van der Waals surface area contributed by atoms with Crippen LogP contribution in [0.5, 0.6) is 5.75 Å². The fourth-order valence-corrected chi connectivity index (χ4v) is 3.05. The summed E-state index contributed by atoms with van der Waals surface area (Å²) in [7, 11) is 1.57. The van der Waals surface area contributed by atoms with Crippen molar-refractivity contribution in [3.8, 4) is 5.75 Å². The Morgan fingerprint density at radius 3 is 3.17 bits per heavy atom. The number of imidazole rings is 1. The number of rotatable bonds is 6. The highest BCUT2D eigenvalue weighted by Crippen LogP contribution is 2.22. The summed E-state index contributed by atoms with van der Waals surface area (Å²) in [6, 6.07) is 7.35. The molecule has 0 aliphatic carbocycles. The third-order valence-electron chi connectivity index (χ3n) is 3.18. The molecule has 2 N–H and O–H groups in total. The van der Waals surface area contributed by atoms with Crippen LogP contribution in [-0.2, 0) is 4.79 Å². The number of benzene rings is 1. The topological polar surface area (TPSA) is 80.0 Å². The van der Waals surface area contributed by atoms with Crippen molar-refractivity contribution in [2.24, 2.45) is 5.10 Å². The zero-order valence-corrected chi connectivity index (χ0v) is 14.3. The third-order valence-corrected chi connectivity index (χ3v) is 4.21. The summed E-state index contributed by atoms with van der Waals surface area (Å²) >= 11 is 7.51. The number of methoxy groups -OCH3 is 1. The van der Waals surface area contributed by atoms with Gasteiger partial charge in [-0.1, -0.05) is 23.7 Å². The predicted molar refractivity (Wildman–Crippen MR) is 95.3 cm³/mol. The Morgan fingerprint density at radius 1 is 1.50 bits per heavy atom. The summed E-state index contributed by atoms with van der Waals surface area (Å²) in [5.41, 5.74) is 3.79. The van der Waals surface area contributed by atoms with Crippen molar-refractivity contribution < 1.29 is 9.53 Å². The number of nitrogens with zero attached hydrogens (tertiary/aromatic N) is 3. The van der Waals surface area contributed by atoms with Crippen LogP contribution in [0.15, 0.2) is 40.9 Å². The van der Waals surface area contributed by atoms with Crippen LogP contribution in [0.2, 0.25) is 5.15 Å². The Morgan fingerprint density at radius 2 is 2.33 bits per heavy atom. The largest absolute Gasteiger partial charge is 0.495 e. The Labute approximate surface area is 146 Å². The molecule has 0 radical (unpaired) electrons. The third kappa shape index (κ3) is 3.50. The van der Waals surface area contributed by atoms with E-state index >= 15 is 0 Å². The quantitative estimate of drug-likeness (QED) is 0.521. The van der Waals surface area contributed by atoms with Gasteiger partial charge in [-0.3, -0.25) is 9.20 Å². The van der Waals surface area contributed by atoms with Gasteiger partial charge in [0.1, 0.15) is 11.4 Å². The minimum atomic E-state index is -0.292. The number of hydrogen-bond donors (Lipinski definition) is 2. The molecule has 0 saturated carbocycles. The van der Waals surface area contributed by atoms with Gasteiger partial charge in [0.25, 0.3) is 5.91 Å². The van der Waals surface area contributed by atoms with Crippen molar-refractivity contribution >= 4 is 45.7 Å². The molecular formula is C15H14ClN5O2S. The van der Waals surface area contributed by atoms with Crippen molar-refractivity contribution in [1.29, 1.82) is 0 Å². The average Bonchev–Trinajstić information content (AvgIpc) is 3.15. The minimum absolute atomic E-state index is 0.0612. The van der Waals surface area contributed by atoms with E-state index in [0.29, 0.717) is 16.6 Å². The van der Waals surface area contributed by atoms with Crippen molar-refractivity contribution in [2.75, 3.05) is 19.0 Å². The van der Waals surface area contributed by atoms with Gasteiger partial charge in [-0.05, 0) is 12.1 Å². The van der Waals surface area contributed by atoms with E-state index in [2.05, 4.69) is 20.8 Å². The highest BCUT2D eigenvalue weighted by atomic mass is 35.5.